The number of carbonyl (C=O) groups excluding carboxylic acids is 1. The maximum absolute atomic E-state index is 14.3. The first-order valence-electron chi connectivity index (χ1n) is 11.6. The van der Waals surface area contributed by atoms with Crippen LogP contribution in [0.4, 0.5) is 29.2 Å². The number of ether oxygens (including phenoxy) is 1. The molecule has 1 aromatic carbocycles. The Morgan fingerprint density at radius 1 is 1.08 bits per heavy atom. The number of nitrogens with zero attached hydrogens (tertiary/aromatic N) is 5. The highest BCUT2D eigenvalue weighted by molar-refractivity contribution is 5.95. The number of piperazine rings is 1. The summed E-state index contributed by atoms with van der Waals surface area (Å²) in [6, 6.07) is 6.60. The van der Waals surface area contributed by atoms with E-state index in [0.717, 1.165) is 35.5 Å². The van der Waals surface area contributed by atoms with E-state index in [1.807, 2.05) is 6.07 Å². The van der Waals surface area contributed by atoms with E-state index >= 15 is 0 Å². The van der Waals surface area contributed by atoms with Gasteiger partial charge >= 0.3 is 12.1 Å². The number of methoxy groups -OCH3 is 1. The lowest BCUT2D eigenvalue weighted by Gasteiger charge is -2.36. The van der Waals surface area contributed by atoms with Gasteiger partial charge in [-0.3, -0.25) is 9.78 Å². The molecule has 14 heteroatoms. The number of nitrogens with one attached hydrogen (secondary N) is 1. The molecule has 0 spiro atoms. The highest BCUT2D eigenvalue weighted by Crippen LogP contribution is 2.31. The van der Waals surface area contributed by atoms with Crippen LogP contribution < -0.4 is 15.0 Å². The highest BCUT2D eigenvalue weighted by Gasteiger charge is 2.38. The van der Waals surface area contributed by atoms with Crippen molar-refractivity contribution >= 4 is 34.5 Å². The molecule has 0 bridgehead atoms. The van der Waals surface area contributed by atoms with Crippen LogP contribution in [0.1, 0.15) is 23.2 Å². The summed E-state index contributed by atoms with van der Waals surface area (Å²) in [7, 11) is 1.47. The molecule has 10 nitrogen and oxygen atoms in total. The van der Waals surface area contributed by atoms with Gasteiger partial charge in [-0.1, -0.05) is 0 Å². The maximum atomic E-state index is 14.3. The smallest absolute Gasteiger partial charge is 0.490 e. The molecule has 202 valence electrons. The van der Waals surface area contributed by atoms with Gasteiger partial charge in [-0.2, -0.15) is 13.2 Å². The number of halogens is 4. The predicted molar refractivity (Wildman–Crippen MR) is 129 cm³/mol. The van der Waals surface area contributed by atoms with E-state index in [-0.39, 0.29) is 11.5 Å². The van der Waals surface area contributed by atoms with Gasteiger partial charge in [0.25, 0.3) is 5.91 Å². The highest BCUT2D eigenvalue weighted by atomic mass is 19.4. The van der Waals surface area contributed by atoms with Crippen LogP contribution in [0.2, 0.25) is 0 Å². The number of pyridine rings is 1. The Morgan fingerprint density at radius 3 is 2.34 bits per heavy atom. The molecular weight excluding hydrogens is 512 g/mol. The quantitative estimate of drug-likeness (QED) is 0.473. The molecule has 3 heterocycles. The number of hydrogen-bond acceptors (Lipinski definition) is 8. The molecule has 1 aliphatic carbocycles. The molecule has 2 aromatic heterocycles. The van der Waals surface area contributed by atoms with E-state index in [0.29, 0.717) is 38.0 Å². The predicted octanol–water partition coefficient (Wildman–Crippen LogP) is 3.34. The van der Waals surface area contributed by atoms with E-state index in [2.05, 4.69) is 15.2 Å². The summed E-state index contributed by atoms with van der Waals surface area (Å²) in [6.07, 6.45) is 0.593. The van der Waals surface area contributed by atoms with Gasteiger partial charge < -0.3 is 25.0 Å². The molecule has 38 heavy (non-hydrogen) atoms. The van der Waals surface area contributed by atoms with Crippen LogP contribution in [-0.4, -0.2) is 82.3 Å². The lowest BCUT2D eigenvalue weighted by atomic mass is 10.1. The van der Waals surface area contributed by atoms with Crippen molar-refractivity contribution in [3.63, 3.8) is 0 Å². The summed E-state index contributed by atoms with van der Waals surface area (Å²) in [6.45, 7) is 2.12. The zero-order valence-corrected chi connectivity index (χ0v) is 20.2. The van der Waals surface area contributed by atoms with Crippen molar-refractivity contribution in [2.24, 2.45) is 0 Å². The Bertz CT molecular complexity index is 1330. The van der Waals surface area contributed by atoms with Gasteiger partial charge in [-0.05, 0) is 31.0 Å². The summed E-state index contributed by atoms with van der Waals surface area (Å²) in [5.41, 5.74) is 1.59. The first-order chi connectivity index (χ1) is 18.1. The average molecular weight is 536 g/mol. The van der Waals surface area contributed by atoms with Crippen molar-refractivity contribution < 1.29 is 37.0 Å². The average Bonchev–Trinajstić information content (AvgIpc) is 3.72. The van der Waals surface area contributed by atoms with Crippen molar-refractivity contribution in [2.75, 3.05) is 43.5 Å². The fourth-order valence-corrected chi connectivity index (χ4v) is 3.72. The van der Waals surface area contributed by atoms with Gasteiger partial charge in [0.15, 0.2) is 11.6 Å². The molecular formula is C24H24F4N6O4. The van der Waals surface area contributed by atoms with E-state index in [4.69, 9.17) is 24.6 Å². The first-order valence-corrected chi connectivity index (χ1v) is 11.6. The zero-order valence-electron chi connectivity index (χ0n) is 20.2. The third-order valence-electron chi connectivity index (χ3n) is 5.88. The summed E-state index contributed by atoms with van der Waals surface area (Å²) in [5, 5.41) is 10.6. The molecule has 2 N–H and O–H groups in total. The van der Waals surface area contributed by atoms with E-state index in [1.165, 1.54) is 19.2 Å². The number of hydrogen-bond donors (Lipinski definition) is 2. The number of alkyl halides is 3. The largest absolute Gasteiger partial charge is 0.497 e. The minimum absolute atomic E-state index is 0.0573. The van der Waals surface area contributed by atoms with Crippen LogP contribution in [-0.2, 0) is 4.79 Å². The molecule has 3 aromatic rings. The Labute approximate surface area is 214 Å². The Balaban J connectivity index is 0.000000426. The second kappa shape index (κ2) is 11.0. The molecule has 5 rings (SSSR count). The third kappa shape index (κ3) is 6.36. The molecule has 0 unspecified atom stereocenters. The fourth-order valence-electron chi connectivity index (χ4n) is 3.72. The van der Waals surface area contributed by atoms with Gasteiger partial charge in [0, 0.05) is 44.5 Å². The Morgan fingerprint density at radius 2 is 1.76 bits per heavy atom. The summed E-state index contributed by atoms with van der Waals surface area (Å²) >= 11 is 0. The number of carboxylic acids is 1. The van der Waals surface area contributed by atoms with Crippen LogP contribution in [0.25, 0.3) is 11.0 Å². The van der Waals surface area contributed by atoms with Gasteiger partial charge in [-0.15, -0.1) is 0 Å². The number of carboxylic acid groups (broad SMARTS) is 1. The number of aromatic nitrogens is 3. The van der Waals surface area contributed by atoms with Crippen LogP contribution in [0, 0.1) is 5.82 Å². The van der Waals surface area contributed by atoms with Crippen LogP contribution in [0.5, 0.6) is 5.75 Å². The first kappa shape index (κ1) is 26.8. The van der Waals surface area contributed by atoms with Gasteiger partial charge in [0.2, 0.25) is 0 Å². The second-order valence-corrected chi connectivity index (χ2v) is 8.61. The molecule has 2 aliphatic rings. The molecule has 1 saturated carbocycles. The number of carbonyl (C=O) groups is 2. The number of anilines is 2. The van der Waals surface area contributed by atoms with E-state index in [1.54, 1.807) is 23.4 Å². The molecule has 0 atom stereocenters. The lowest BCUT2D eigenvalue weighted by molar-refractivity contribution is -0.192. The summed E-state index contributed by atoms with van der Waals surface area (Å²) in [5.74, 6) is -1.72. The second-order valence-electron chi connectivity index (χ2n) is 8.61. The topological polar surface area (TPSA) is 121 Å². The SMILES string of the molecule is COc1ccc(C(=O)N2CCN(c3nc4cnccc4nc3NC3CC3)CC2)c(F)c1.O=C(O)C(F)(F)F. The van der Waals surface area contributed by atoms with Crippen molar-refractivity contribution in [1.29, 1.82) is 0 Å². The Hall–Kier alpha value is -4.23. The minimum Gasteiger partial charge on any atom is -0.497 e. The molecule has 0 radical (unpaired) electrons. The van der Waals surface area contributed by atoms with Crippen molar-refractivity contribution in [2.45, 2.75) is 25.1 Å². The van der Waals surface area contributed by atoms with Crippen LogP contribution in [0.3, 0.4) is 0 Å². The third-order valence-corrected chi connectivity index (χ3v) is 5.88. The number of rotatable bonds is 5. The van der Waals surface area contributed by atoms with Crippen LogP contribution >= 0.6 is 0 Å². The van der Waals surface area contributed by atoms with Gasteiger partial charge in [-0.25, -0.2) is 19.2 Å². The molecule has 1 saturated heterocycles. The maximum Gasteiger partial charge on any atom is 0.490 e. The summed E-state index contributed by atoms with van der Waals surface area (Å²) in [4.78, 5) is 39.2. The zero-order chi connectivity index (χ0) is 27.4. The minimum atomic E-state index is -5.08. The lowest BCUT2D eigenvalue weighted by Crippen LogP contribution is -2.49. The van der Waals surface area contributed by atoms with Crippen molar-refractivity contribution in [3.8, 4) is 5.75 Å². The van der Waals surface area contributed by atoms with Crippen molar-refractivity contribution in [3.05, 3.63) is 48.0 Å². The molecule has 2 fully saturated rings. The Kier molecular flexibility index (Phi) is 7.78. The number of amides is 1. The molecule has 1 amide bonds. The van der Waals surface area contributed by atoms with Crippen molar-refractivity contribution in [1.82, 2.24) is 19.9 Å². The number of fused-ring (bicyclic) bond motifs is 1. The monoisotopic (exact) mass is 536 g/mol. The van der Waals surface area contributed by atoms with Gasteiger partial charge in [0.1, 0.15) is 17.1 Å². The van der Waals surface area contributed by atoms with Gasteiger partial charge in [0.05, 0.1) is 24.4 Å². The van der Waals surface area contributed by atoms with Crippen LogP contribution in [0.15, 0.2) is 36.7 Å². The normalized spacial score (nSPS) is 15.5. The molecule has 1 aliphatic heterocycles. The summed E-state index contributed by atoms with van der Waals surface area (Å²) < 4.78 is 51.1. The standard InChI is InChI=1S/C22H23FN6O2.C2HF3O2/c1-31-15-4-5-16(17(23)12-15)22(30)29-10-8-28(9-11-29)21-20(25-14-2-3-14)26-18-6-7-24-13-19(18)27-21;3-2(4,5)1(6)7/h4-7,12-14H,2-3,8-11H2,1H3,(H,25,26);(H,6,7). The number of aliphatic carboxylic acids is 1. The van der Waals surface area contributed by atoms with E-state index < -0.39 is 18.0 Å². The van der Waals surface area contributed by atoms with E-state index in [9.17, 15) is 22.4 Å². The number of benzene rings is 1. The fraction of sp³-hybridized carbons (Fsp3) is 0.375.